The van der Waals surface area contributed by atoms with Crippen molar-refractivity contribution in [3.8, 4) is 0 Å². The first-order valence-electron chi connectivity index (χ1n) is 7.33. The number of nitrogens with one attached hydrogen (secondary N) is 1. The zero-order valence-corrected chi connectivity index (χ0v) is 14.6. The molecule has 1 atom stereocenters. The predicted octanol–water partition coefficient (Wildman–Crippen LogP) is 2.51. The summed E-state index contributed by atoms with van der Waals surface area (Å²) in [7, 11) is 1.46. The Kier molecular flexibility index (Phi) is 5.62. The molecular formula is C14H23N3O2S2. The van der Waals surface area contributed by atoms with Crippen molar-refractivity contribution in [1.82, 2.24) is 14.7 Å². The summed E-state index contributed by atoms with van der Waals surface area (Å²) >= 11 is 3.01. The van der Waals surface area contributed by atoms with Gasteiger partial charge in [0.05, 0.1) is 7.11 Å². The van der Waals surface area contributed by atoms with Gasteiger partial charge in [0.1, 0.15) is 11.4 Å². The topological polar surface area (TPSA) is 64.1 Å². The number of aryl methyl sites for hydroxylation is 1. The molecule has 0 radical (unpaired) electrons. The van der Waals surface area contributed by atoms with E-state index in [1.165, 1.54) is 18.6 Å². The molecule has 1 N–H and O–H groups in total. The molecule has 0 saturated heterocycles. The van der Waals surface area contributed by atoms with Crippen LogP contribution in [-0.2, 0) is 16.0 Å². The van der Waals surface area contributed by atoms with Crippen LogP contribution in [0.4, 0.5) is 0 Å². The van der Waals surface area contributed by atoms with Gasteiger partial charge in [0.25, 0.3) is 0 Å². The summed E-state index contributed by atoms with van der Waals surface area (Å²) in [6.45, 7) is 6.16. The van der Waals surface area contributed by atoms with E-state index in [0.717, 1.165) is 29.4 Å². The average molecular weight is 329 g/mol. The molecular weight excluding hydrogens is 306 g/mol. The van der Waals surface area contributed by atoms with E-state index >= 15 is 0 Å². The number of hydrogen-bond acceptors (Lipinski definition) is 7. The van der Waals surface area contributed by atoms with E-state index < -0.39 is 5.54 Å². The standard InChI is InChI=1S/C14H23N3O2S2/c1-5-11-15-13(21-17-11)20-8-14(10-6-7-10,12(18)19-4)16-9(2)3/h9-10,16H,5-8H2,1-4H3. The Balaban J connectivity index is 2.12. The fraction of sp³-hybridized carbons (Fsp3) is 0.786. The average Bonchev–Trinajstić information content (AvgIpc) is 3.21. The zero-order chi connectivity index (χ0) is 15.5. The molecule has 118 valence electrons. The van der Waals surface area contributed by atoms with Crippen LogP contribution >= 0.6 is 23.3 Å². The van der Waals surface area contributed by atoms with Gasteiger partial charge in [-0.1, -0.05) is 18.7 Å². The number of aromatic nitrogens is 2. The summed E-state index contributed by atoms with van der Waals surface area (Å²) in [6, 6.07) is 0.228. The van der Waals surface area contributed by atoms with E-state index in [0.29, 0.717) is 11.7 Å². The van der Waals surface area contributed by atoms with Crippen LogP contribution in [0.3, 0.4) is 0 Å². The van der Waals surface area contributed by atoms with Crippen molar-refractivity contribution in [2.45, 2.75) is 56.0 Å². The van der Waals surface area contributed by atoms with Crippen LogP contribution in [0.2, 0.25) is 0 Å². The summed E-state index contributed by atoms with van der Waals surface area (Å²) in [5.41, 5.74) is -0.606. The molecule has 1 heterocycles. The molecule has 0 aliphatic heterocycles. The first-order valence-corrected chi connectivity index (χ1v) is 9.09. The number of carbonyl (C=O) groups excluding carboxylic acids is 1. The third-order valence-corrected chi connectivity index (χ3v) is 5.62. The zero-order valence-electron chi connectivity index (χ0n) is 13.0. The molecule has 1 aromatic rings. The second-order valence-corrected chi connectivity index (χ2v) is 7.63. The van der Waals surface area contributed by atoms with Gasteiger partial charge >= 0.3 is 5.97 Å². The number of esters is 1. The maximum absolute atomic E-state index is 12.4. The van der Waals surface area contributed by atoms with E-state index in [2.05, 4.69) is 28.5 Å². The van der Waals surface area contributed by atoms with E-state index in [4.69, 9.17) is 4.74 Å². The van der Waals surface area contributed by atoms with Crippen LogP contribution in [0, 0.1) is 5.92 Å². The molecule has 2 rings (SSSR count). The Morgan fingerprint density at radius 2 is 2.29 bits per heavy atom. The van der Waals surface area contributed by atoms with Gasteiger partial charge in [-0.2, -0.15) is 4.37 Å². The second kappa shape index (κ2) is 7.07. The molecule has 0 spiro atoms. The third kappa shape index (κ3) is 3.96. The first kappa shape index (κ1) is 16.7. The Labute approximate surface area is 134 Å². The molecule has 1 aliphatic rings. The number of ether oxygens (including phenoxy) is 1. The van der Waals surface area contributed by atoms with Crippen molar-refractivity contribution in [3.63, 3.8) is 0 Å². The highest BCUT2D eigenvalue weighted by atomic mass is 32.2. The van der Waals surface area contributed by atoms with Gasteiger partial charge in [0, 0.05) is 18.2 Å². The summed E-state index contributed by atoms with van der Waals surface area (Å²) < 4.78 is 10.3. The van der Waals surface area contributed by atoms with Gasteiger partial charge in [0.15, 0.2) is 4.34 Å². The number of thioether (sulfide) groups is 1. The van der Waals surface area contributed by atoms with Gasteiger partial charge < -0.3 is 4.74 Å². The Hall–Kier alpha value is -0.660. The van der Waals surface area contributed by atoms with Crippen molar-refractivity contribution in [2.24, 2.45) is 5.92 Å². The van der Waals surface area contributed by atoms with Crippen LogP contribution < -0.4 is 5.32 Å². The normalized spacial score (nSPS) is 17.8. The van der Waals surface area contributed by atoms with Crippen LogP contribution in [0.1, 0.15) is 39.4 Å². The van der Waals surface area contributed by atoms with Crippen LogP contribution in [0.5, 0.6) is 0 Å². The van der Waals surface area contributed by atoms with E-state index in [-0.39, 0.29) is 12.0 Å². The predicted molar refractivity (Wildman–Crippen MR) is 85.8 cm³/mol. The van der Waals surface area contributed by atoms with E-state index in [9.17, 15) is 4.79 Å². The van der Waals surface area contributed by atoms with Gasteiger partial charge in [-0.05, 0) is 44.1 Å². The lowest BCUT2D eigenvalue weighted by molar-refractivity contribution is -0.148. The summed E-state index contributed by atoms with van der Waals surface area (Å²) in [5, 5.41) is 3.46. The Morgan fingerprint density at radius 1 is 1.57 bits per heavy atom. The molecule has 0 amide bonds. The number of methoxy groups -OCH3 is 1. The monoisotopic (exact) mass is 329 g/mol. The Morgan fingerprint density at radius 3 is 2.76 bits per heavy atom. The molecule has 7 heteroatoms. The van der Waals surface area contributed by atoms with E-state index in [1.807, 2.05) is 6.92 Å². The molecule has 5 nitrogen and oxygen atoms in total. The van der Waals surface area contributed by atoms with Gasteiger partial charge in [-0.25, -0.2) is 4.98 Å². The molecule has 1 aromatic heterocycles. The first-order chi connectivity index (χ1) is 10.0. The minimum atomic E-state index is -0.606. The van der Waals surface area contributed by atoms with Crippen molar-refractivity contribution >= 4 is 29.3 Å². The second-order valence-electron chi connectivity index (χ2n) is 5.65. The lowest BCUT2D eigenvalue weighted by atomic mass is 9.94. The van der Waals surface area contributed by atoms with Crippen molar-refractivity contribution in [1.29, 1.82) is 0 Å². The number of nitrogens with zero attached hydrogens (tertiary/aromatic N) is 2. The quantitative estimate of drug-likeness (QED) is 0.584. The van der Waals surface area contributed by atoms with Crippen LogP contribution in [0.15, 0.2) is 4.34 Å². The largest absolute Gasteiger partial charge is 0.468 e. The van der Waals surface area contributed by atoms with Crippen molar-refractivity contribution in [3.05, 3.63) is 5.82 Å². The lowest BCUT2D eigenvalue weighted by Crippen LogP contribution is -2.59. The van der Waals surface area contributed by atoms with E-state index in [1.54, 1.807) is 11.8 Å². The molecule has 0 aromatic carbocycles. The highest BCUT2D eigenvalue weighted by Gasteiger charge is 2.52. The highest BCUT2D eigenvalue weighted by molar-refractivity contribution is 8.01. The van der Waals surface area contributed by atoms with Crippen LogP contribution in [0.25, 0.3) is 0 Å². The minimum absolute atomic E-state index is 0.161. The summed E-state index contributed by atoms with van der Waals surface area (Å²) in [4.78, 5) is 16.9. The third-order valence-electron chi connectivity index (χ3n) is 3.56. The fourth-order valence-corrected chi connectivity index (χ4v) is 4.41. The summed E-state index contributed by atoms with van der Waals surface area (Å²) in [5.74, 6) is 1.71. The number of rotatable bonds is 8. The smallest absolute Gasteiger partial charge is 0.327 e. The van der Waals surface area contributed by atoms with Gasteiger partial charge in [-0.15, -0.1) is 0 Å². The molecule has 1 saturated carbocycles. The minimum Gasteiger partial charge on any atom is -0.468 e. The molecule has 21 heavy (non-hydrogen) atoms. The summed E-state index contributed by atoms with van der Waals surface area (Å²) in [6.07, 6.45) is 2.99. The number of hydrogen-bond donors (Lipinski definition) is 1. The number of carbonyl (C=O) groups is 1. The molecule has 1 unspecified atom stereocenters. The molecule has 1 aliphatic carbocycles. The van der Waals surface area contributed by atoms with Crippen molar-refractivity contribution < 1.29 is 9.53 Å². The maximum atomic E-state index is 12.4. The molecule has 1 fully saturated rings. The SMILES string of the molecule is CCc1nsc(SCC(NC(C)C)(C(=O)OC)C2CC2)n1. The lowest BCUT2D eigenvalue weighted by Gasteiger charge is -2.33. The molecule has 0 bridgehead atoms. The van der Waals surface area contributed by atoms with Gasteiger partial charge in [-0.3, -0.25) is 10.1 Å². The maximum Gasteiger partial charge on any atom is 0.327 e. The highest BCUT2D eigenvalue weighted by Crippen LogP contribution is 2.43. The van der Waals surface area contributed by atoms with Gasteiger partial charge in [0.2, 0.25) is 0 Å². The fourth-order valence-electron chi connectivity index (χ4n) is 2.45. The van der Waals surface area contributed by atoms with Crippen molar-refractivity contribution in [2.75, 3.05) is 12.9 Å². The van der Waals surface area contributed by atoms with Crippen LogP contribution in [-0.4, -0.2) is 39.8 Å². The Bertz CT molecular complexity index is 488.